The lowest BCUT2D eigenvalue weighted by atomic mass is 9.87. The van der Waals surface area contributed by atoms with E-state index in [1.54, 1.807) is 62.1 Å². The summed E-state index contributed by atoms with van der Waals surface area (Å²) in [4.78, 5) is 14.4. The Morgan fingerprint density at radius 1 is 1.15 bits per heavy atom. The van der Waals surface area contributed by atoms with Gasteiger partial charge in [-0.1, -0.05) is 72.0 Å². The van der Waals surface area contributed by atoms with Crippen LogP contribution in [0.1, 0.15) is 33.3 Å². The summed E-state index contributed by atoms with van der Waals surface area (Å²) in [6.07, 6.45) is -6.72. The van der Waals surface area contributed by atoms with Gasteiger partial charge in [0.2, 0.25) is 0 Å². The molecule has 0 N–H and O–H groups in total. The molecule has 3 atom stereocenters. The number of nitrogens with zero attached hydrogens (tertiary/aromatic N) is 2. The molecule has 1 fully saturated rings. The van der Waals surface area contributed by atoms with Crippen LogP contribution in [0.15, 0.2) is 46.9 Å². The summed E-state index contributed by atoms with van der Waals surface area (Å²) in [5, 5.41) is 15.0. The predicted octanol–water partition coefficient (Wildman–Crippen LogP) is 7.35. The molecule has 1 aliphatic rings. The summed E-state index contributed by atoms with van der Waals surface area (Å²) < 4.78 is 40.3. The molecule has 10 heteroatoms. The summed E-state index contributed by atoms with van der Waals surface area (Å²) in [7, 11) is 0. The molecule has 0 spiro atoms. The number of carbonyl (C=O) groups excluding carboxylic acids is 1. The van der Waals surface area contributed by atoms with Crippen molar-refractivity contribution >= 4 is 50.7 Å². The second-order valence-corrected chi connectivity index (χ2v) is 11.5. The highest BCUT2D eigenvalue weighted by atomic mass is 79.9. The number of rotatable bonds is 3. The van der Waals surface area contributed by atoms with Crippen molar-refractivity contribution in [1.82, 2.24) is 0 Å². The minimum absolute atomic E-state index is 0.0387. The lowest BCUT2D eigenvalue weighted by Gasteiger charge is -2.54. The van der Waals surface area contributed by atoms with Crippen LogP contribution < -0.4 is 4.90 Å². The summed E-state index contributed by atoms with van der Waals surface area (Å²) in [5.74, 6) is -2.32. The van der Waals surface area contributed by atoms with Crippen LogP contribution >= 0.6 is 39.1 Å². The molecule has 0 aliphatic carbocycles. The highest BCUT2D eigenvalue weighted by Gasteiger charge is 2.68. The highest BCUT2D eigenvalue weighted by Crippen LogP contribution is 2.50. The van der Waals surface area contributed by atoms with Crippen LogP contribution in [-0.2, 0) is 11.2 Å². The summed E-state index contributed by atoms with van der Waals surface area (Å²) in [6.45, 7) is 6.29. The van der Waals surface area contributed by atoms with E-state index in [9.17, 15) is 23.2 Å². The Bertz CT molecular complexity index is 1040. The fourth-order valence-electron chi connectivity index (χ4n) is 4.76. The number of hydrogen-bond acceptors (Lipinski definition) is 3. The minimum Gasteiger partial charge on any atom is -0.623 e. The van der Waals surface area contributed by atoms with Crippen LogP contribution in [-0.4, -0.2) is 35.0 Å². The van der Waals surface area contributed by atoms with Gasteiger partial charge in [0.25, 0.3) is 0 Å². The normalized spacial score (nSPS) is 26.0. The van der Waals surface area contributed by atoms with E-state index in [1.165, 1.54) is 13.0 Å². The van der Waals surface area contributed by atoms with E-state index >= 15 is 0 Å². The number of anilines is 1. The maximum Gasteiger partial charge on any atom is 0.509 e. The van der Waals surface area contributed by atoms with Gasteiger partial charge in [0.05, 0.1) is 6.54 Å². The highest BCUT2D eigenvalue weighted by molar-refractivity contribution is 9.10. The molecule has 0 radical (unpaired) electrons. The molecule has 1 heterocycles. The van der Waals surface area contributed by atoms with Crippen LogP contribution in [0, 0.1) is 10.6 Å². The first-order valence-corrected chi connectivity index (χ1v) is 11.7. The number of benzene rings is 2. The van der Waals surface area contributed by atoms with Gasteiger partial charge in [-0.05, 0) is 42.8 Å². The molecule has 3 unspecified atom stereocenters. The number of amides is 1. The maximum absolute atomic E-state index is 14.5. The first kappa shape index (κ1) is 26.3. The summed E-state index contributed by atoms with van der Waals surface area (Å²) in [5.41, 5.74) is -1.62. The Kier molecular flexibility index (Phi) is 6.94. The van der Waals surface area contributed by atoms with Gasteiger partial charge in [0.15, 0.2) is 6.17 Å². The molecule has 0 aromatic heterocycles. The lowest BCUT2D eigenvalue weighted by Crippen LogP contribution is -2.70. The molecule has 3 rings (SSSR count). The number of halogens is 6. The van der Waals surface area contributed by atoms with Gasteiger partial charge in [-0.25, -0.2) is 4.79 Å². The van der Waals surface area contributed by atoms with Crippen LogP contribution in [0.3, 0.4) is 0 Å². The van der Waals surface area contributed by atoms with Crippen molar-refractivity contribution in [2.45, 2.75) is 52.0 Å². The number of carbonyl (C=O) groups is 1. The van der Waals surface area contributed by atoms with Gasteiger partial charge in [-0.3, -0.25) is 4.65 Å². The average Bonchev–Trinajstić information content (AvgIpc) is 2.90. The molecule has 0 saturated carbocycles. The van der Waals surface area contributed by atoms with Gasteiger partial charge in [0, 0.05) is 32.0 Å². The second kappa shape index (κ2) is 8.72. The third-order valence-electron chi connectivity index (χ3n) is 5.95. The molecule has 1 saturated heterocycles. The standard InChI is InChI=1S/C23H24BrCl2F3N2O2/c1-21(2,3)19-30(18-10-16(25)9-17(26)11-18)13-22(4,12-14-5-7-15(24)8-6-14)31(19,33)20(32)23(27,28)29/h5-11,19H,12-13H2,1-4H3. The molecule has 33 heavy (non-hydrogen) atoms. The van der Waals surface area contributed by atoms with Crippen molar-refractivity contribution in [3.63, 3.8) is 0 Å². The SMILES string of the molecule is CC(C)(C)C1N(c2cc(Cl)cc(Cl)c2)CC(C)(Cc2ccc(Br)cc2)[N+]1([O-])C(=O)C(F)(F)F. The Balaban J connectivity index is 2.25. The Morgan fingerprint density at radius 3 is 2.12 bits per heavy atom. The predicted molar refractivity (Wildman–Crippen MR) is 128 cm³/mol. The molecule has 1 amide bonds. The van der Waals surface area contributed by atoms with E-state index in [2.05, 4.69) is 15.9 Å². The number of alkyl halides is 3. The van der Waals surface area contributed by atoms with Gasteiger partial charge in [-0.15, -0.1) is 0 Å². The molecule has 4 nitrogen and oxygen atoms in total. The molecule has 2 aromatic rings. The van der Waals surface area contributed by atoms with Crippen LogP contribution in [0.25, 0.3) is 0 Å². The summed E-state index contributed by atoms with van der Waals surface area (Å²) >= 11 is 15.7. The maximum atomic E-state index is 14.5. The van der Waals surface area contributed by atoms with Gasteiger partial charge in [0.1, 0.15) is 5.54 Å². The van der Waals surface area contributed by atoms with E-state index < -0.39 is 33.8 Å². The van der Waals surface area contributed by atoms with E-state index in [4.69, 9.17) is 23.2 Å². The van der Waals surface area contributed by atoms with E-state index in [0.29, 0.717) is 11.3 Å². The lowest BCUT2D eigenvalue weighted by molar-refractivity contribution is -0.877. The van der Waals surface area contributed by atoms with Crippen molar-refractivity contribution in [1.29, 1.82) is 0 Å². The van der Waals surface area contributed by atoms with Gasteiger partial charge >= 0.3 is 12.1 Å². The zero-order valence-electron chi connectivity index (χ0n) is 18.5. The fourth-order valence-corrected chi connectivity index (χ4v) is 5.54. The molecule has 1 aliphatic heterocycles. The largest absolute Gasteiger partial charge is 0.623 e. The molecule has 0 bridgehead atoms. The van der Waals surface area contributed by atoms with Crippen molar-refractivity contribution in [3.05, 3.63) is 67.8 Å². The smallest absolute Gasteiger partial charge is 0.509 e. The van der Waals surface area contributed by atoms with Gasteiger partial charge in [-0.2, -0.15) is 13.2 Å². The van der Waals surface area contributed by atoms with Gasteiger partial charge < -0.3 is 10.1 Å². The van der Waals surface area contributed by atoms with Crippen molar-refractivity contribution < 1.29 is 22.6 Å². The molecule has 180 valence electrons. The zero-order valence-corrected chi connectivity index (χ0v) is 21.6. The third kappa shape index (κ3) is 4.91. The van der Waals surface area contributed by atoms with Crippen LogP contribution in [0.5, 0.6) is 0 Å². The second-order valence-electron chi connectivity index (χ2n) is 9.76. The Morgan fingerprint density at radius 2 is 1.67 bits per heavy atom. The van der Waals surface area contributed by atoms with E-state index in [0.717, 1.165) is 4.47 Å². The topological polar surface area (TPSA) is 43.4 Å². The first-order chi connectivity index (χ1) is 15.0. The number of quaternary nitrogens is 1. The van der Waals surface area contributed by atoms with E-state index in [-0.39, 0.29) is 23.0 Å². The number of hydrogen-bond donors (Lipinski definition) is 0. The Hall–Kier alpha value is -1.32. The van der Waals surface area contributed by atoms with Crippen molar-refractivity contribution in [2.75, 3.05) is 11.4 Å². The van der Waals surface area contributed by atoms with Crippen LogP contribution in [0.4, 0.5) is 18.9 Å². The molecular weight excluding hydrogens is 544 g/mol. The quantitative estimate of drug-likeness (QED) is 0.287. The monoisotopic (exact) mass is 566 g/mol. The molecular formula is C23H24BrCl2F3N2O2. The zero-order chi connectivity index (χ0) is 25.0. The van der Waals surface area contributed by atoms with Crippen LogP contribution in [0.2, 0.25) is 10.0 Å². The minimum atomic E-state index is -5.31. The van der Waals surface area contributed by atoms with E-state index in [1.807, 2.05) is 0 Å². The third-order valence-corrected chi connectivity index (χ3v) is 6.91. The fraction of sp³-hybridized carbons (Fsp3) is 0.435. The first-order valence-electron chi connectivity index (χ1n) is 10.2. The van der Waals surface area contributed by atoms with Crippen molar-refractivity contribution in [2.24, 2.45) is 5.41 Å². The average molecular weight is 568 g/mol. The Labute approximate surface area is 209 Å². The number of hydroxylamine groups is 3. The molecule has 2 aromatic carbocycles. The van der Waals surface area contributed by atoms with Crippen molar-refractivity contribution in [3.8, 4) is 0 Å². The summed E-state index contributed by atoms with van der Waals surface area (Å²) in [6, 6.07) is 11.5.